The summed E-state index contributed by atoms with van der Waals surface area (Å²) in [6.45, 7) is 3.61. The Morgan fingerprint density at radius 2 is 1.52 bits per heavy atom. The zero-order chi connectivity index (χ0) is 28.4. The number of methoxy groups -OCH3 is 3. The summed E-state index contributed by atoms with van der Waals surface area (Å²) < 4.78 is 17.6. The van der Waals surface area contributed by atoms with Gasteiger partial charge in [-0.15, -0.1) is 0 Å². The van der Waals surface area contributed by atoms with Crippen LogP contribution in [0, 0.1) is 13.8 Å². The maximum absolute atomic E-state index is 14.1. The number of carbonyl (C=O) groups is 2. The molecule has 202 valence electrons. The number of rotatable bonds is 7. The van der Waals surface area contributed by atoms with Crippen molar-refractivity contribution in [3.63, 3.8) is 0 Å². The van der Waals surface area contributed by atoms with Crippen LogP contribution in [0.5, 0.6) is 17.2 Å². The molecule has 1 aliphatic heterocycles. The second kappa shape index (κ2) is 10.9. The minimum Gasteiger partial charge on any atom is -0.497 e. The highest BCUT2D eigenvalue weighted by Crippen LogP contribution is 2.39. The van der Waals surface area contributed by atoms with E-state index in [2.05, 4.69) is 5.10 Å². The SMILES string of the molecule is COc1ccc(/C=C2\N=C(c3ccccc3)N(c3cc(OC)c(OC)cc3C(=O)n3nc(C)cc3C)C2=O)cc1. The van der Waals surface area contributed by atoms with Gasteiger partial charge < -0.3 is 14.2 Å². The summed E-state index contributed by atoms with van der Waals surface area (Å²) in [5, 5.41) is 4.37. The zero-order valence-electron chi connectivity index (χ0n) is 22.8. The largest absolute Gasteiger partial charge is 0.497 e. The predicted octanol–water partition coefficient (Wildman–Crippen LogP) is 5.05. The van der Waals surface area contributed by atoms with E-state index in [1.807, 2.05) is 67.6 Å². The number of hydrogen-bond acceptors (Lipinski definition) is 7. The number of anilines is 1. The molecule has 0 spiro atoms. The Balaban J connectivity index is 1.71. The average Bonchev–Trinajstić information content (AvgIpc) is 3.49. The van der Waals surface area contributed by atoms with Gasteiger partial charge in [-0.1, -0.05) is 42.5 Å². The third-order valence-corrected chi connectivity index (χ3v) is 6.49. The summed E-state index contributed by atoms with van der Waals surface area (Å²) in [7, 11) is 4.58. The minimum absolute atomic E-state index is 0.200. The van der Waals surface area contributed by atoms with Crippen LogP contribution in [0.25, 0.3) is 6.08 Å². The van der Waals surface area contributed by atoms with Gasteiger partial charge in [0.15, 0.2) is 11.5 Å². The van der Waals surface area contributed by atoms with E-state index in [9.17, 15) is 9.59 Å². The van der Waals surface area contributed by atoms with Gasteiger partial charge in [0.05, 0.1) is 38.3 Å². The number of nitrogens with zero attached hydrogens (tertiary/aromatic N) is 4. The normalized spacial score (nSPS) is 13.9. The molecule has 0 saturated heterocycles. The molecule has 0 radical (unpaired) electrons. The molecule has 1 amide bonds. The van der Waals surface area contributed by atoms with Crippen molar-refractivity contribution in [1.82, 2.24) is 9.78 Å². The molecule has 40 heavy (non-hydrogen) atoms. The van der Waals surface area contributed by atoms with Crippen molar-refractivity contribution in [2.24, 2.45) is 4.99 Å². The van der Waals surface area contributed by atoms with Crippen LogP contribution in [-0.4, -0.2) is 48.8 Å². The molecule has 0 atom stereocenters. The van der Waals surface area contributed by atoms with Crippen LogP contribution in [-0.2, 0) is 4.79 Å². The van der Waals surface area contributed by atoms with Crippen LogP contribution < -0.4 is 19.1 Å². The average molecular weight is 537 g/mol. The molecule has 1 aromatic heterocycles. The van der Waals surface area contributed by atoms with Gasteiger partial charge in [-0.05, 0) is 49.8 Å². The van der Waals surface area contributed by atoms with Gasteiger partial charge in [-0.2, -0.15) is 5.10 Å². The Hall–Kier alpha value is -5.18. The van der Waals surface area contributed by atoms with E-state index in [1.54, 1.807) is 32.2 Å². The van der Waals surface area contributed by atoms with E-state index in [0.29, 0.717) is 45.7 Å². The summed E-state index contributed by atoms with van der Waals surface area (Å²) in [5.41, 5.74) is 3.53. The van der Waals surface area contributed by atoms with E-state index >= 15 is 0 Å². The Bertz CT molecular complexity index is 1650. The summed E-state index contributed by atoms with van der Waals surface area (Å²) in [5.74, 6) is 0.955. The molecule has 0 N–H and O–H groups in total. The van der Waals surface area contributed by atoms with Crippen molar-refractivity contribution in [2.75, 3.05) is 26.2 Å². The third kappa shape index (κ3) is 4.84. The van der Waals surface area contributed by atoms with Crippen LogP contribution in [0.2, 0.25) is 0 Å². The highest BCUT2D eigenvalue weighted by Gasteiger charge is 2.36. The second-order valence-corrected chi connectivity index (χ2v) is 9.11. The number of aryl methyl sites for hydroxylation is 2. The summed E-state index contributed by atoms with van der Waals surface area (Å²) in [6, 6.07) is 21.6. The highest BCUT2D eigenvalue weighted by molar-refractivity contribution is 6.34. The Morgan fingerprint density at radius 1 is 0.850 bits per heavy atom. The number of carbonyl (C=O) groups excluding carboxylic acids is 2. The number of benzene rings is 3. The number of hydrogen-bond donors (Lipinski definition) is 0. The quantitative estimate of drug-likeness (QED) is 0.307. The lowest BCUT2D eigenvalue weighted by atomic mass is 10.1. The van der Waals surface area contributed by atoms with Gasteiger partial charge in [-0.3, -0.25) is 14.5 Å². The van der Waals surface area contributed by atoms with Crippen molar-refractivity contribution in [1.29, 1.82) is 0 Å². The number of aromatic nitrogens is 2. The summed E-state index contributed by atoms with van der Waals surface area (Å²) >= 11 is 0. The standard InChI is InChI=1S/C31H28N4O5/c1-19-15-20(2)35(33-19)30(36)24-17-27(39-4)28(40-5)18-26(24)34-29(22-9-7-6-8-10-22)32-25(31(34)37)16-21-11-13-23(38-3)14-12-21/h6-18H,1-5H3/b25-16-. The van der Waals surface area contributed by atoms with Gasteiger partial charge in [0.1, 0.15) is 17.3 Å². The number of amidine groups is 1. The Morgan fingerprint density at radius 3 is 2.12 bits per heavy atom. The third-order valence-electron chi connectivity index (χ3n) is 6.49. The molecule has 5 rings (SSSR count). The van der Waals surface area contributed by atoms with Crippen molar-refractivity contribution >= 4 is 29.4 Å². The fourth-order valence-electron chi connectivity index (χ4n) is 4.55. The van der Waals surface area contributed by atoms with Crippen LogP contribution in [0.4, 0.5) is 5.69 Å². The predicted molar refractivity (Wildman–Crippen MR) is 152 cm³/mol. The fraction of sp³-hybridized carbons (Fsp3) is 0.161. The molecule has 0 unspecified atom stereocenters. The van der Waals surface area contributed by atoms with Crippen molar-refractivity contribution in [3.8, 4) is 17.2 Å². The Labute approximate surface area is 231 Å². The topological polar surface area (TPSA) is 95.2 Å². The molecule has 0 aliphatic carbocycles. The lowest BCUT2D eigenvalue weighted by Crippen LogP contribution is -2.34. The van der Waals surface area contributed by atoms with Crippen molar-refractivity contribution in [2.45, 2.75) is 13.8 Å². The molecule has 9 nitrogen and oxygen atoms in total. The smallest absolute Gasteiger partial charge is 0.282 e. The molecule has 0 fully saturated rings. The van der Waals surface area contributed by atoms with E-state index in [4.69, 9.17) is 19.2 Å². The summed E-state index contributed by atoms with van der Waals surface area (Å²) in [4.78, 5) is 34.2. The van der Waals surface area contributed by atoms with Gasteiger partial charge >= 0.3 is 0 Å². The van der Waals surface area contributed by atoms with Crippen LogP contribution in [0.15, 0.2) is 83.5 Å². The number of aliphatic imine (C=N–C) groups is 1. The minimum atomic E-state index is -0.422. The zero-order valence-corrected chi connectivity index (χ0v) is 22.8. The Kier molecular flexibility index (Phi) is 7.20. The number of ether oxygens (including phenoxy) is 3. The molecular formula is C31H28N4O5. The highest BCUT2D eigenvalue weighted by atomic mass is 16.5. The lowest BCUT2D eigenvalue weighted by molar-refractivity contribution is -0.113. The monoisotopic (exact) mass is 536 g/mol. The van der Waals surface area contributed by atoms with E-state index in [0.717, 1.165) is 5.56 Å². The maximum atomic E-state index is 14.1. The van der Waals surface area contributed by atoms with Gasteiger partial charge in [0.2, 0.25) is 0 Å². The van der Waals surface area contributed by atoms with Gasteiger partial charge in [0.25, 0.3) is 11.8 Å². The maximum Gasteiger partial charge on any atom is 0.282 e. The molecule has 2 heterocycles. The number of amides is 1. The molecular weight excluding hydrogens is 508 g/mol. The van der Waals surface area contributed by atoms with E-state index in [-0.39, 0.29) is 11.3 Å². The van der Waals surface area contributed by atoms with Crippen LogP contribution >= 0.6 is 0 Å². The first-order chi connectivity index (χ1) is 19.3. The van der Waals surface area contributed by atoms with Crippen LogP contribution in [0.1, 0.15) is 32.9 Å². The van der Waals surface area contributed by atoms with Crippen LogP contribution in [0.3, 0.4) is 0 Å². The first kappa shape index (κ1) is 26.4. The lowest BCUT2D eigenvalue weighted by Gasteiger charge is -2.23. The molecule has 1 aliphatic rings. The first-order valence-corrected chi connectivity index (χ1v) is 12.5. The van der Waals surface area contributed by atoms with Crippen molar-refractivity contribution in [3.05, 3.63) is 107 Å². The molecule has 4 aromatic rings. The van der Waals surface area contributed by atoms with E-state index in [1.165, 1.54) is 23.8 Å². The van der Waals surface area contributed by atoms with Gasteiger partial charge in [-0.25, -0.2) is 9.67 Å². The molecule has 3 aromatic carbocycles. The molecule has 9 heteroatoms. The summed E-state index contributed by atoms with van der Waals surface area (Å²) in [6.07, 6.45) is 1.70. The fourth-order valence-corrected chi connectivity index (χ4v) is 4.55. The van der Waals surface area contributed by atoms with E-state index < -0.39 is 11.8 Å². The molecule has 0 bridgehead atoms. The second-order valence-electron chi connectivity index (χ2n) is 9.11. The van der Waals surface area contributed by atoms with Crippen molar-refractivity contribution < 1.29 is 23.8 Å². The first-order valence-electron chi connectivity index (χ1n) is 12.5. The molecule has 0 saturated carbocycles. The van der Waals surface area contributed by atoms with Gasteiger partial charge in [0, 0.05) is 17.3 Å².